The average molecular weight is 437 g/mol. The lowest BCUT2D eigenvalue weighted by molar-refractivity contribution is -0.562. The Balaban J connectivity index is 2.19. The van der Waals surface area contributed by atoms with E-state index in [9.17, 15) is 20.2 Å². The Morgan fingerprint density at radius 2 is 1.23 bits per heavy atom. The van der Waals surface area contributed by atoms with Gasteiger partial charge in [0.05, 0.1) is 6.42 Å². The molecule has 1 aromatic carbocycles. The van der Waals surface area contributed by atoms with E-state index in [4.69, 9.17) is 4.74 Å². The number of benzene rings is 1. The van der Waals surface area contributed by atoms with Gasteiger partial charge < -0.3 is 4.74 Å². The summed E-state index contributed by atoms with van der Waals surface area (Å²) in [5.41, 5.74) is 0. The van der Waals surface area contributed by atoms with Crippen LogP contribution >= 0.6 is 0 Å². The van der Waals surface area contributed by atoms with Crippen molar-refractivity contribution in [1.82, 2.24) is 0 Å². The molecular formula is C24H40N2O5. The van der Waals surface area contributed by atoms with E-state index in [1.54, 1.807) is 24.3 Å². The van der Waals surface area contributed by atoms with Gasteiger partial charge in [0.2, 0.25) is 6.04 Å². The molecule has 0 aliphatic heterocycles. The Hall–Kier alpha value is -2.18. The Morgan fingerprint density at radius 3 is 1.71 bits per heavy atom. The average Bonchev–Trinajstić information content (AvgIpc) is 2.76. The van der Waals surface area contributed by atoms with Gasteiger partial charge in [0.15, 0.2) is 6.61 Å². The molecule has 176 valence electrons. The van der Waals surface area contributed by atoms with E-state index in [2.05, 4.69) is 6.92 Å². The SMILES string of the molecule is CCCCCCCCCCCCCCC(CC(COc1ccccc1)[N+](=O)[O-])[N+](=O)[O-]. The molecule has 1 rings (SSSR count). The predicted octanol–water partition coefficient (Wildman–Crippen LogP) is 6.84. The van der Waals surface area contributed by atoms with Crippen molar-refractivity contribution in [1.29, 1.82) is 0 Å². The molecule has 31 heavy (non-hydrogen) atoms. The highest BCUT2D eigenvalue weighted by Crippen LogP contribution is 2.17. The first kappa shape index (κ1) is 26.9. The first-order chi connectivity index (χ1) is 15.0. The number of nitrogens with zero attached hydrogens (tertiary/aromatic N) is 2. The summed E-state index contributed by atoms with van der Waals surface area (Å²) in [6.07, 6.45) is 14.7. The molecule has 0 bridgehead atoms. The molecule has 2 unspecified atom stereocenters. The van der Waals surface area contributed by atoms with Crippen LogP contribution < -0.4 is 4.74 Å². The van der Waals surface area contributed by atoms with E-state index in [1.807, 2.05) is 6.07 Å². The second kappa shape index (κ2) is 17.5. The van der Waals surface area contributed by atoms with Crippen molar-refractivity contribution in [3.8, 4) is 5.75 Å². The standard InChI is InChI=1S/C24H40N2O5/c1-2-3-4-5-6-7-8-9-10-11-12-14-17-22(25(27)28)20-23(26(29)30)21-31-24-18-15-13-16-19-24/h13,15-16,18-19,22-23H,2-12,14,17,20-21H2,1H3. The normalized spacial score (nSPS) is 12.9. The van der Waals surface area contributed by atoms with Gasteiger partial charge in [-0.05, 0) is 18.6 Å². The predicted molar refractivity (Wildman–Crippen MR) is 124 cm³/mol. The highest BCUT2D eigenvalue weighted by atomic mass is 16.6. The maximum absolute atomic E-state index is 11.4. The molecule has 0 amide bonds. The van der Waals surface area contributed by atoms with Gasteiger partial charge in [-0.3, -0.25) is 20.2 Å². The molecule has 0 heterocycles. The van der Waals surface area contributed by atoms with E-state index >= 15 is 0 Å². The lowest BCUT2D eigenvalue weighted by atomic mass is 10.0. The lowest BCUT2D eigenvalue weighted by Crippen LogP contribution is -2.34. The Bertz CT molecular complexity index is 597. The second-order valence-electron chi connectivity index (χ2n) is 8.42. The molecule has 0 radical (unpaired) electrons. The first-order valence-corrected chi connectivity index (χ1v) is 12.0. The van der Waals surface area contributed by atoms with Crippen molar-refractivity contribution in [2.75, 3.05) is 6.61 Å². The van der Waals surface area contributed by atoms with Crippen LogP contribution in [0.4, 0.5) is 0 Å². The molecule has 0 saturated heterocycles. The maximum Gasteiger partial charge on any atom is 0.253 e. The molecule has 2 atom stereocenters. The van der Waals surface area contributed by atoms with Crippen molar-refractivity contribution in [3.63, 3.8) is 0 Å². The van der Waals surface area contributed by atoms with Crippen LogP contribution in [0, 0.1) is 20.2 Å². The zero-order chi connectivity index (χ0) is 22.7. The highest BCUT2D eigenvalue weighted by molar-refractivity contribution is 5.20. The van der Waals surface area contributed by atoms with Gasteiger partial charge in [0.1, 0.15) is 5.75 Å². The molecule has 0 aliphatic carbocycles. The lowest BCUT2D eigenvalue weighted by Gasteiger charge is -2.14. The molecule has 7 heteroatoms. The number of ether oxygens (including phenoxy) is 1. The molecule has 1 aromatic rings. The zero-order valence-electron chi connectivity index (χ0n) is 19.1. The summed E-state index contributed by atoms with van der Waals surface area (Å²) in [6, 6.07) is 6.86. The number of unbranched alkanes of at least 4 members (excludes halogenated alkanes) is 11. The third-order valence-electron chi connectivity index (χ3n) is 5.72. The summed E-state index contributed by atoms with van der Waals surface area (Å²) in [7, 11) is 0. The van der Waals surface area contributed by atoms with E-state index in [0.717, 1.165) is 19.3 Å². The number of rotatable bonds is 20. The Kier molecular flexibility index (Phi) is 15.2. The summed E-state index contributed by atoms with van der Waals surface area (Å²) in [6.45, 7) is 2.08. The van der Waals surface area contributed by atoms with Gasteiger partial charge in [-0.1, -0.05) is 95.8 Å². The van der Waals surface area contributed by atoms with Crippen molar-refractivity contribution in [2.24, 2.45) is 0 Å². The molecule has 0 aliphatic rings. The van der Waals surface area contributed by atoms with E-state index in [0.29, 0.717) is 12.2 Å². The number of nitro groups is 2. The fourth-order valence-electron chi connectivity index (χ4n) is 3.77. The summed E-state index contributed by atoms with van der Waals surface area (Å²) in [5.74, 6) is 0.535. The van der Waals surface area contributed by atoms with Crippen LogP contribution in [0.2, 0.25) is 0 Å². The van der Waals surface area contributed by atoms with E-state index in [-0.39, 0.29) is 18.0 Å². The van der Waals surface area contributed by atoms with Gasteiger partial charge in [-0.2, -0.15) is 0 Å². The van der Waals surface area contributed by atoms with Crippen LogP contribution in [0.1, 0.15) is 96.8 Å². The second-order valence-corrected chi connectivity index (χ2v) is 8.42. The monoisotopic (exact) mass is 436 g/mol. The van der Waals surface area contributed by atoms with Crippen molar-refractivity contribution >= 4 is 0 Å². The summed E-state index contributed by atoms with van der Waals surface area (Å²) in [4.78, 5) is 21.9. The third-order valence-corrected chi connectivity index (χ3v) is 5.72. The number of hydrogen-bond acceptors (Lipinski definition) is 5. The van der Waals surface area contributed by atoms with Gasteiger partial charge in [0.25, 0.3) is 6.04 Å². The minimum absolute atomic E-state index is 0.0924. The van der Waals surface area contributed by atoms with Crippen LogP contribution in [0.15, 0.2) is 30.3 Å². The van der Waals surface area contributed by atoms with Gasteiger partial charge in [-0.25, -0.2) is 0 Å². The minimum Gasteiger partial charge on any atom is -0.486 e. The van der Waals surface area contributed by atoms with Crippen LogP contribution in [0.3, 0.4) is 0 Å². The molecule has 0 spiro atoms. The van der Waals surface area contributed by atoms with E-state index in [1.165, 1.54) is 57.8 Å². The molecule has 7 nitrogen and oxygen atoms in total. The topological polar surface area (TPSA) is 95.5 Å². The number of hydrogen-bond donors (Lipinski definition) is 0. The Labute approximate surface area is 186 Å². The number of para-hydroxylation sites is 1. The maximum atomic E-state index is 11.4. The molecule has 0 aromatic heterocycles. The van der Waals surface area contributed by atoms with E-state index < -0.39 is 17.0 Å². The summed E-state index contributed by atoms with van der Waals surface area (Å²) < 4.78 is 5.46. The van der Waals surface area contributed by atoms with Crippen LogP contribution in [0.25, 0.3) is 0 Å². The van der Waals surface area contributed by atoms with Gasteiger partial charge in [-0.15, -0.1) is 0 Å². The van der Waals surface area contributed by atoms with Crippen LogP contribution in [0.5, 0.6) is 5.75 Å². The zero-order valence-corrected chi connectivity index (χ0v) is 19.1. The first-order valence-electron chi connectivity index (χ1n) is 12.0. The minimum atomic E-state index is -1.08. The smallest absolute Gasteiger partial charge is 0.253 e. The molecule has 0 saturated carbocycles. The third kappa shape index (κ3) is 13.7. The van der Waals surface area contributed by atoms with Crippen molar-refractivity contribution < 1.29 is 14.6 Å². The highest BCUT2D eigenvalue weighted by Gasteiger charge is 2.32. The largest absolute Gasteiger partial charge is 0.486 e. The molecule has 0 fully saturated rings. The van der Waals surface area contributed by atoms with Crippen LogP contribution in [-0.4, -0.2) is 28.5 Å². The molecular weight excluding hydrogens is 396 g/mol. The summed E-state index contributed by atoms with van der Waals surface area (Å²) in [5, 5.41) is 22.8. The van der Waals surface area contributed by atoms with Crippen molar-refractivity contribution in [3.05, 3.63) is 50.6 Å². The summed E-state index contributed by atoms with van der Waals surface area (Å²) >= 11 is 0. The van der Waals surface area contributed by atoms with Crippen LogP contribution in [-0.2, 0) is 0 Å². The van der Waals surface area contributed by atoms with Crippen molar-refractivity contribution in [2.45, 2.75) is 109 Å². The Morgan fingerprint density at radius 1 is 0.742 bits per heavy atom. The van der Waals surface area contributed by atoms with Gasteiger partial charge in [0, 0.05) is 16.3 Å². The van der Waals surface area contributed by atoms with Gasteiger partial charge >= 0.3 is 0 Å². The fraction of sp³-hybridized carbons (Fsp3) is 0.750. The molecule has 0 N–H and O–H groups in total. The fourth-order valence-corrected chi connectivity index (χ4v) is 3.77. The quantitative estimate of drug-likeness (QED) is 0.127.